The van der Waals surface area contributed by atoms with Crippen LogP contribution in [0, 0.1) is 17.0 Å². The summed E-state index contributed by atoms with van der Waals surface area (Å²) in [4.78, 5) is 49.3. The molecule has 1 saturated heterocycles. The van der Waals surface area contributed by atoms with Crippen LogP contribution in [0.2, 0.25) is 0 Å². The lowest BCUT2D eigenvalue weighted by molar-refractivity contribution is -0.384. The minimum atomic E-state index is -1.28. The Labute approximate surface area is 179 Å². The quantitative estimate of drug-likeness (QED) is 0.418. The van der Waals surface area contributed by atoms with Gasteiger partial charge >= 0.3 is 6.03 Å². The van der Waals surface area contributed by atoms with Crippen LogP contribution in [0.1, 0.15) is 43.4 Å². The van der Waals surface area contributed by atoms with Crippen LogP contribution in [0.3, 0.4) is 0 Å². The number of urea groups is 1. The Morgan fingerprint density at radius 2 is 1.84 bits per heavy atom. The van der Waals surface area contributed by atoms with E-state index in [0.717, 1.165) is 10.5 Å². The fourth-order valence-corrected chi connectivity index (χ4v) is 3.43. The summed E-state index contributed by atoms with van der Waals surface area (Å²) in [5, 5.41) is 16.2. The standard InChI is InChI=1S/C22H24N4O5/c1-13(2)15-6-8-16(9-7-15)22(4)20(28)25(21(29)24-22)12-19(27)23-18-11-17(26(30)31)10-5-14(18)3/h5-11,13H,12H2,1-4H3,(H,23,27)(H,24,29)/t22-/m0/s1. The number of nitrogens with zero attached hydrogens (tertiary/aromatic N) is 2. The summed E-state index contributed by atoms with van der Waals surface area (Å²) in [6.45, 7) is 6.89. The van der Waals surface area contributed by atoms with Gasteiger partial charge in [0, 0.05) is 12.1 Å². The number of nitrogens with one attached hydrogen (secondary N) is 2. The van der Waals surface area contributed by atoms with Crippen molar-refractivity contribution in [3.8, 4) is 0 Å². The number of anilines is 1. The first kappa shape index (κ1) is 21.9. The summed E-state index contributed by atoms with van der Waals surface area (Å²) in [6, 6.07) is 10.8. The van der Waals surface area contributed by atoms with Gasteiger partial charge < -0.3 is 10.6 Å². The molecular formula is C22H24N4O5. The van der Waals surface area contributed by atoms with Crippen LogP contribution in [0.5, 0.6) is 0 Å². The van der Waals surface area contributed by atoms with E-state index in [2.05, 4.69) is 24.5 Å². The number of nitro groups is 1. The molecule has 31 heavy (non-hydrogen) atoms. The molecule has 1 aliphatic rings. The highest BCUT2D eigenvalue weighted by Crippen LogP contribution is 2.30. The second-order valence-electron chi connectivity index (χ2n) is 8.03. The highest BCUT2D eigenvalue weighted by Gasteiger charge is 2.49. The number of rotatable bonds is 6. The Hall–Kier alpha value is -3.75. The molecule has 9 nitrogen and oxygen atoms in total. The number of amides is 4. The number of carbonyl (C=O) groups is 3. The molecule has 0 spiro atoms. The van der Waals surface area contributed by atoms with Gasteiger partial charge in [-0.15, -0.1) is 0 Å². The van der Waals surface area contributed by atoms with E-state index in [1.54, 1.807) is 26.0 Å². The number of hydrogen-bond donors (Lipinski definition) is 2. The van der Waals surface area contributed by atoms with Crippen molar-refractivity contribution < 1.29 is 19.3 Å². The Morgan fingerprint density at radius 1 is 1.19 bits per heavy atom. The zero-order chi connectivity index (χ0) is 22.9. The molecule has 1 aliphatic heterocycles. The maximum Gasteiger partial charge on any atom is 0.325 e. The molecular weight excluding hydrogens is 400 g/mol. The van der Waals surface area contributed by atoms with Crippen molar-refractivity contribution in [1.29, 1.82) is 0 Å². The summed E-state index contributed by atoms with van der Waals surface area (Å²) in [5.74, 6) is -0.847. The lowest BCUT2D eigenvalue weighted by Crippen LogP contribution is -2.42. The minimum Gasteiger partial charge on any atom is -0.324 e. The monoisotopic (exact) mass is 424 g/mol. The molecule has 0 saturated carbocycles. The first-order valence-electron chi connectivity index (χ1n) is 9.82. The van der Waals surface area contributed by atoms with Crippen LogP contribution >= 0.6 is 0 Å². The molecule has 1 atom stereocenters. The summed E-state index contributed by atoms with van der Waals surface area (Å²) in [6.07, 6.45) is 0. The zero-order valence-corrected chi connectivity index (χ0v) is 17.8. The van der Waals surface area contributed by atoms with Crippen molar-refractivity contribution in [2.24, 2.45) is 0 Å². The second-order valence-corrected chi connectivity index (χ2v) is 8.03. The summed E-state index contributed by atoms with van der Waals surface area (Å²) >= 11 is 0. The van der Waals surface area contributed by atoms with Crippen LogP contribution in [0.15, 0.2) is 42.5 Å². The number of nitro benzene ring substituents is 1. The molecule has 0 radical (unpaired) electrons. The maximum atomic E-state index is 13.0. The molecule has 4 amide bonds. The molecule has 9 heteroatoms. The van der Waals surface area contributed by atoms with E-state index in [9.17, 15) is 24.5 Å². The number of hydrogen-bond acceptors (Lipinski definition) is 5. The van der Waals surface area contributed by atoms with E-state index in [0.29, 0.717) is 17.0 Å². The van der Waals surface area contributed by atoms with Gasteiger partial charge in [-0.25, -0.2) is 4.79 Å². The van der Waals surface area contributed by atoms with Gasteiger partial charge in [0.05, 0.1) is 10.6 Å². The SMILES string of the molecule is Cc1ccc([N+](=O)[O-])cc1NC(=O)CN1C(=O)N[C@@](C)(c2ccc(C(C)C)cc2)C1=O. The smallest absolute Gasteiger partial charge is 0.324 e. The molecule has 162 valence electrons. The largest absolute Gasteiger partial charge is 0.325 e. The number of non-ortho nitro benzene ring substituents is 1. The van der Waals surface area contributed by atoms with E-state index in [4.69, 9.17) is 0 Å². The Morgan fingerprint density at radius 3 is 2.42 bits per heavy atom. The van der Waals surface area contributed by atoms with Gasteiger partial charge in [0.2, 0.25) is 5.91 Å². The van der Waals surface area contributed by atoms with Crippen LogP contribution in [-0.2, 0) is 15.1 Å². The minimum absolute atomic E-state index is 0.173. The lowest BCUT2D eigenvalue weighted by atomic mass is 9.90. The Bertz CT molecular complexity index is 1060. The maximum absolute atomic E-state index is 13.0. The number of imide groups is 1. The van der Waals surface area contributed by atoms with Gasteiger partial charge in [-0.1, -0.05) is 44.2 Å². The molecule has 2 aromatic rings. The van der Waals surface area contributed by atoms with Gasteiger partial charge in [-0.05, 0) is 36.5 Å². The van der Waals surface area contributed by atoms with E-state index in [-0.39, 0.29) is 11.4 Å². The molecule has 0 unspecified atom stereocenters. The van der Waals surface area contributed by atoms with E-state index in [1.165, 1.54) is 18.2 Å². The van der Waals surface area contributed by atoms with Crippen LogP contribution in [0.25, 0.3) is 0 Å². The molecule has 1 fully saturated rings. The number of aryl methyl sites for hydroxylation is 1. The topological polar surface area (TPSA) is 122 Å². The van der Waals surface area contributed by atoms with Crippen molar-refractivity contribution in [2.45, 2.75) is 39.2 Å². The first-order chi connectivity index (χ1) is 14.5. The van der Waals surface area contributed by atoms with Crippen LogP contribution in [-0.4, -0.2) is 34.2 Å². The van der Waals surface area contributed by atoms with Gasteiger partial charge in [-0.2, -0.15) is 0 Å². The van der Waals surface area contributed by atoms with Crippen molar-refractivity contribution in [3.63, 3.8) is 0 Å². The van der Waals surface area contributed by atoms with Gasteiger partial charge in [-0.3, -0.25) is 24.6 Å². The van der Waals surface area contributed by atoms with Crippen molar-refractivity contribution >= 4 is 29.2 Å². The number of carbonyl (C=O) groups excluding carboxylic acids is 3. The van der Waals surface area contributed by atoms with E-state index >= 15 is 0 Å². The average molecular weight is 424 g/mol. The molecule has 2 aromatic carbocycles. The Balaban J connectivity index is 1.76. The van der Waals surface area contributed by atoms with Crippen molar-refractivity contribution in [2.75, 3.05) is 11.9 Å². The third kappa shape index (κ3) is 4.25. The second kappa shape index (κ2) is 8.17. The van der Waals surface area contributed by atoms with Crippen molar-refractivity contribution in [1.82, 2.24) is 10.2 Å². The predicted octanol–water partition coefficient (Wildman–Crippen LogP) is 3.43. The van der Waals surface area contributed by atoms with E-state index in [1.807, 2.05) is 12.1 Å². The zero-order valence-electron chi connectivity index (χ0n) is 17.8. The normalized spacial score (nSPS) is 18.3. The van der Waals surface area contributed by atoms with E-state index < -0.39 is 34.9 Å². The highest BCUT2D eigenvalue weighted by atomic mass is 16.6. The first-order valence-corrected chi connectivity index (χ1v) is 9.82. The lowest BCUT2D eigenvalue weighted by Gasteiger charge is -2.22. The molecule has 3 rings (SSSR count). The predicted molar refractivity (Wildman–Crippen MR) is 115 cm³/mol. The fourth-order valence-electron chi connectivity index (χ4n) is 3.43. The molecule has 2 N–H and O–H groups in total. The Kier molecular flexibility index (Phi) is 5.79. The van der Waals surface area contributed by atoms with Crippen LogP contribution < -0.4 is 10.6 Å². The van der Waals surface area contributed by atoms with Crippen LogP contribution in [0.4, 0.5) is 16.2 Å². The van der Waals surface area contributed by atoms with Gasteiger partial charge in [0.15, 0.2) is 0 Å². The van der Waals surface area contributed by atoms with Gasteiger partial charge in [0.25, 0.3) is 11.6 Å². The fraction of sp³-hybridized carbons (Fsp3) is 0.318. The molecule has 0 aliphatic carbocycles. The molecule has 0 bridgehead atoms. The molecule has 0 aromatic heterocycles. The third-order valence-corrected chi connectivity index (χ3v) is 5.44. The summed E-state index contributed by atoms with van der Waals surface area (Å²) in [5.41, 5.74) is 1.13. The average Bonchev–Trinajstić information content (AvgIpc) is 2.93. The number of benzene rings is 2. The summed E-state index contributed by atoms with van der Waals surface area (Å²) in [7, 11) is 0. The van der Waals surface area contributed by atoms with Crippen molar-refractivity contribution in [3.05, 3.63) is 69.3 Å². The molecule has 1 heterocycles. The summed E-state index contributed by atoms with van der Waals surface area (Å²) < 4.78 is 0. The third-order valence-electron chi connectivity index (χ3n) is 5.44. The van der Waals surface area contributed by atoms with Gasteiger partial charge in [0.1, 0.15) is 12.1 Å². The highest BCUT2D eigenvalue weighted by molar-refractivity contribution is 6.10.